The molecule has 0 fully saturated rings. The fraction of sp³-hybridized carbons (Fsp3) is 0.400. The van der Waals surface area contributed by atoms with Crippen molar-refractivity contribution >= 4 is 22.7 Å². The molecule has 2 aromatic carbocycles. The fourth-order valence-electron chi connectivity index (χ4n) is 3.49. The normalized spacial score (nSPS) is 13.5. The van der Waals surface area contributed by atoms with E-state index < -0.39 is 17.4 Å². The minimum atomic E-state index is -0.751. The Hall–Kier alpha value is -3.19. The number of para-hydroxylation sites is 1. The molecule has 0 aliphatic rings. The van der Waals surface area contributed by atoms with Gasteiger partial charge in [0.25, 0.3) is 5.91 Å². The molecule has 0 saturated carbocycles. The van der Waals surface area contributed by atoms with E-state index in [0.29, 0.717) is 18.8 Å². The first-order valence-electron chi connectivity index (χ1n) is 10.9. The molecule has 0 aliphatic carbocycles. The molecule has 1 heterocycles. The summed E-state index contributed by atoms with van der Waals surface area (Å²) in [4.78, 5) is 26.1. The number of aliphatic hydroxyl groups excluding tert-OH is 1. The highest BCUT2D eigenvalue weighted by atomic mass is 16.3. The van der Waals surface area contributed by atoms with Crippen molar-refractivity contribution in [1.82, 2.24) is 20.4 Å². The molecule has 0 spiro atoms. The molecular weight excluding hydrogens is 404 g/mol. The predicted molar refractivity (Wildman–Crippen MR) is 125 cm³/mol. The Morgan fingerprint density at radius 3 is 2.38 bits per heavy atom. The zero-order valence-electron chi connectivity index (χ0n) is 19.1. The molecule has 3 N–H and O–H groups in total. The quantitative estimate of drug-likeness (QED) is 0.506. The Morgan fingerprint density at radius 2 is 1.72 bits per heavy atom. The number of aromatic nitrogens is 2. The smallest absolute Gasteiger partial charge is 0.273 e. The van der Waals surface area contributed by atoms with Gasteiger partial charge >= 0.3 is 0 Å². The molecule has 7 nitrogen and oxygen atoms in total. The van der Waals surface area contributed by atoms with E-state index in [0.717, 1.165) is 16.5 Å². The first kappa shape index (κ1) is 23.5. The SMILES string of the molecule is C[C@@H](CO)CNC(=O)[C@@H](NC(=O)c1nn(Cc2ccccc2)c2ccccc12)C(C)(C)C. The molecule has 32 heavy (non-hydrogen) atoms. The molecule has 1 aromatic heterocycles. The van der Waals surface area contributed by atoms with Gasteiger partial charge in [-0.25, -0.2) is 0 Å². The zero-order chi connectivity index (χ0) is 23.3. The fourth-order valence-corrected chi connectivity index (χ4v) is 3.49. The van der Waals surface area contributed by atoms with Crippen LogP contribution in [0.25, 0.3) is 10.9 Å². The standard InChI is InChI=1S/C25H32N4O3/c1-17(16-30)14-26-24(32)22(25(2,3)4)27-23(31)21-19-12-8-9-13-20(19)29(28-21)15-18-10-6-5-7-11-18/h5-13,17,22,30H,14-16H2,1-4H3,(H,26,32)(H,27,31)/t17-,22-/m1/s1. The minimum absolute atomic E-state index is 0.0162. The number of fused-ring (bicyclic) bond motifs is 1. The topological polar surface area (TPSA) is 96.2 Å². The van der Waals surface area contributed by atoms with Gasteiger partial charge in [-0.05, 0) is 23.0 Å². The lowest BCUT2D eigenvalue weighted by atomic mass is 9.86. The second-order valence-electron chi connectivity index (χ2n) is 9.31. The molecular formula is C25H32N4O3. The number of hydrogen-bond acceptors (Lipinski definition) is 4. The maximum atomic E-state index is 13.3. The largest absolute Gasteiger partial charge is 0.396 e. The molecule has 0 bridgehead atoms. The van der Waals surface area contributed by atoms with Gasteiger partial charge < -0.3 is 15.7 Å². The van der Waals surface area contributed by atoms with Gasteiger partial charge in [0.15, 0.2) is 5.69 Å². The van der Waals surface area contributed by atoms with Gasteiger partial charge in [-0.3, -0.25) is 14.3 Å². The Morgan fingerprint density at radius 1 is 1.06 bits per heavy atom. The van der Waals surface area contributed by atoms with Crippen LogP contribution in [0.4, 0.5) is 0 Å². The third kappa shape index (κ3) is 5.53. The van der Waals surface area contributed by atoms with Crippen LogP contribution in [-0.4, -0.2) is 45.9 Å². The van der Waals surface area contributed by atoms with Crippen LogP contribution in [0, 0.1) is 11.3 Å². The van der Waals surface area contributed by atoms with Crippen molar-refractivity contribution in [2.45, 2.75) is 40.3 Å². The molecule has 3 rings (SSSR count). The summed E-state index contributed by atoms with van der Waals surface area (Å²) in [6.45, 7) is 8.41. The van der Waals surface area contributed by atoms with E-state index in [4.69, 9.17) is 0 Å². The van der Waals surface area contributed by atoms with E-state index in [-0.39, 0.29) is 18.4 Å². The van der Waals surface area contributed by atoms with Gasteiger partial charge in [0.05, 0.1) is 12.1 Å². The number of hydrogen-bond donors (Lipinski definition) is 3. The van der Waals surface area contributed by atoms with Crippen LogP contribution in [-0.2, 0) is 11.3 Å². The Balaban J connectivity index is 1.87. The monoisotopic (exact) mass is 436 g/mol. The lowest BCUT2D eigenvalue weighted by molar-refractivity contribution is -0.125. The average Bonchev–Trinajstić information content (AvgIpc) is 3.14. The van der Waals surface area contributed by atoms with Crippen LogP contribution in [0.3, 0.4) is 0 Å². The number of carbonyl (C=O) groups is 2. The van der Waals surface area contributed by atoms with Gasteiger partial charge in [0, 0.05) is 18.5 Å². The number of amides is 2. The van der Waals surface area contributed by atoms with Gasteiger partial charge in [-0.2, -0.15) is 5.10 Å². The van der Waals surface area contributed by atoms with Crippen molar-refractivity contribution in [3.63, 3.8) is 0 Å². The number of nitrogens with zero attached hydrogens (tertiary/aromatic N) is 2. The minimum Gasteiger partial charge on any atom is -0.396 e. The Bertz CT molecular complexity index is 1070. The van der Waals surface area contributed by atoms with E-state index >= 15 is 0 Å². The number of rotatable bonds is 8. The van der Waals surface area contributed by atoms with Crippen LogP contribution in [0.2, 0.25) is 0 Å². The van der Waals surface area contributed by atoms with E-state index in [1.54, 1.807) is 0 Å². The maximum absolute atomic E-state index is 13.3. The van der Waals surface area contributed by atoms with Crippen molar-refractivity contribution in [2.75, 3.05) is 13.2 Å². The molecule has 2 atom stereocenters. The summed E-state index contributed by atoms with van der Waals surface area (Å²) in [5.41, 5.74) is 1.72. The van der Waals surface area contributed by atoms with E-state index in [1.807, 2.05) is 87.0 Å². The van der Waals surface area contributed by atoms with E-state index in [1.165, 1.54) is 0 Å². The summed E-state index contributed by atoms with van der Waals surface area (Å²) < 4.78 is 1.81. The molecule has 0 aliphatic heterocycles. The number of nitrogens with one attached hydrogen (secondary N) is 2. The zero-order valence-corrected chi connectivity index (χ0v) is 19.1. The summed E-state index contributed by atoms with van der Waals surface area (Å²) in [7, 11) is 0. The maximum Gasteiger partial charge on any atom is 0.273 e. The summed E-state index contributed by atoms with van der Waals surface area (Å²) >= 11 is 0. The molecule has 3 aromatic rings. The lowest BCUT2D eigenvalue weighted by Gasteiger charge is -2.30. The number of benzene rings is 2. The number of aliphatic hydroxyl groups is 1. The second kappa shape index (κ2) is 9.96. The third-order valence-corrected chi connectivity index (χ3v) is 5.39. The molecule has 170 valence electrons. The van der Waals surface area contributed by atoms with Crippen molar-refractivity contribution in [1.29, 1.82) is 0 Å². The molecule has 0 unspecified atom stereocenters. The third-order valence-electron chi connectivity index (χ3n) is 5.39. The number of carbonyl (C=O) groups excluding carboxylic acids is 2. The van der Waals surface area contributed by atoms with Crippen LogP contribution < -0.4 is 10.6 Å². The summed E-state index contributed by atoms with van der Waals surface area (Å²) in [6, 6.07) is 16.8. The van der Waals surface area contributed by atoms with Gasteiger partial charge in [0.2, 0.25) is 5.91 Å². The second-order valence-corrected chi connectivity index (χ2v) is 9.31. The van der Waals surface area contributed by atoms with E-state index in [2.05, 4.69) is 15.7 Å². The van der Waals surface area contributed by atoms with Crippen LogP contribution in [0.5, 0.6) is 0 Å². The molecule has 0 radical (unpaired) electrons. The van der Waals surface area contributed by atoms with Crippen molar-refractivity contribution in [2.24, 2.45) is 11.3 Å². The van der Waals surface area contributed by atoms with E-state index in [9.17, 15) is 14.7 Å². The first-order chi connectivity index (χ1) is 15.2. The predicted octanol–water partition coefficient (Wildman–Crippen LogP) is 2.97. The highest BCUT2D eigenvalue weighted by Gasteiger charge is 2.34. The first-order valence-corrected chi connectivity index (χ1v) is 10.9. The Kier molecular flexibility index (Phi) is 7.30. The van der Waals surface area contributed by atoms with Gasteiger partial charge in [-0.15, -0.1) is 0 Å². The molecule has 0 saturated heterocycles. The highest BCUT2D eigenvalue weighted by Crippen LogP contribution is 2.23. The van der Waals surface area contributed by atoms with Gasteiger partial charge in [-0.1, -0.05) is 76.2 Å². The van der Waals surface area contributed by atoms with Crippen LogP contribution in [0.15, 0.2) is 54.6 Å². The molecule has 2 amide bonds. The molecule has 7 heteroatoms. The van der Waals surface area contributed by atoms with Gasteiger partial charge in [0.1, 0.15) is 6.04 Å². The van der Waals surface area contributed by atoms with Crippen molar-refractivity contribution < 1.29 is 14.7 Å². The van der Waals surface area contributed by atoms with Crippen LogP contribution >= 0.6 is 0 Å². The summed E-state index contributed by atoms with van der Waals surface area (Å²) in [5.74, 6) is -0.731. The lowest BCUT2D eigenvalue weighted by Crippen LogP contribution is -2.54. The highest BCUT2D eigenvalue weighted by molar-refractivity contribution is 6.06. The summed E-state index contributed by atoms with van der Waals surface area (Å²) in [5, 5.41) is 20.3. The summed E-state index contributed by atoms with van der Waals surface area (Å²) in [6.07, 6.45) is 0. The average molecular weight is 437 g/mol. The Labute approximate surface area is 188 Å². The van der Waals surface area contributed by atoms with Crippen LogP contribution in [0.1, 0.15) is 43.7 Å². The van der Waals surface area contributed by atoms with Crippen molar-refractivity contribution in [3.05, 3.63) is 65.9 Å². The van der Waals surface area contributed by atoms with Crippen molar-refractivity contribution in [3.8, 4) is 0 Å².